The van der Waals surface area contributed by atoms with Crippen LogP contribution in [0, 0.1) is 11.3 Å². The van der Waals surface area contributed by atoms with E-state index in [-0.39, 0.29) is 0 Å². The van der Waals surface area contributed by atoms with E-state index in [0.29, 0.717) is 18.6 Å². The molecule has 0 aromatic rings. The average Bonchev–Trinajstić information content (AvgIpc) is 2.67. The summed E-state index contributed by atoms with van der Waals surface area (Å²) in [5.41, 5.74) is 0. The number of nitrogens with zero attached hydrogens (tertiary/aromatic N) is 2. The van der Waals surface area contributed by atoms with Crippen LogP contribution in [-0.4, -0.2) is 49.8 Å². The molecule has 0 saturated carbocycles. The Hall–Kier alpha value is -0.630. The molecule has 0 bridgehead atoms. The molecule has 90 valence electrons. The Labute approximate surface area is 97.6 Å². The summed E-state index contributed by atoms with van der Waals surface area (Å²) in [6.07, 6.45) is 4.63. The summed E-state index contributed by atoms with van der Waals surface area (Å²) >= 11 is 0. The van der Waals surface area contributed by atoms with Gasteiger partial charge in [0.1, 0.15) is 0 Å². The molecule has 2 atom stereocenters. The van der Waals surface area contributed by atoms with Crippen LogP contribution in [0.4, 0.5) is 0 Å². The van der Waals surface area contributed by atoms with Gasteiger partial charge in [-0.2, -0.15) is 5.26 Å². The first-order chi connectivity index (χ1) is 7.88. The van der Waals surface area contributed by atoms with Gasteiger partial charge in [0.05, 0.1) is 18.6 Å². The summed E-state index contributed by atoms with van der Waals surface area (Å²) in [6, 6.07) is 2.60. The Balaban J connectivity index is 1.80. The Morgan fingerprint density at radius 3 is 3.12 bits per heavy atom. The maximum Gasteiger partial charge on any atom is 0.0702 e. The molecule has 0 amide bonds. The fourth-order valence-corrected chi connectivity index (χ4v) is 2.57. The van der Waals surface area contributed by atoms with Gasteiger partial charge in [-0.05, 0) is 32.4 Å². The molecule has 2 fully saturated rings. The molecule has 0 radical (unpaired) electrons. The Bertz CT molecular complexity index is 245. The number of nitrogens with one attached hydrogen (secondary N) is 1. The van der Waals surface area contributed by atoms with Crippen molar-refractivity contribution in [2.24, 2.45) is 0 Å². The highest BCUT2D eigenvalue weighted by Gasteiger charge is 2.22. The van der Waals surface area contributed by atoms with Crippen molar-refractivity contribution in [3.05, 3.63) is 0 Å². The topological polar surface area (TPSA) is 48.3 Å². The van der Waals surface area contributed by atoms with E-state index >= 15 is 0 Å². The van der Waals surface area contributed by atoms with Gasteiger partial charge in [-0.15, -0.1) is 0 Å². The van der Waals surface area contributed by atoms with Crippen molar-refractivity contribution in [3.63, 3.8) is 0 Å². The molecule has 0 aliphatic carbocycles. The molecule has 0 spiro atoms. The van der Waals surface area contributed by atoms with Gasteiger partial charge in [0, 0.05) is 25.7 Å². The minimum absolute atomic E-state index is 0.342. The molecule has 2 rings (SSSR count). The maximum atomic E-state index is 8.75. The van der Waals surface area contributed by atoms with E-state index < -0.39 is 0 Å². The summed E-state index contributed by atoms with van der Waals surface area (Å²) in [5.74, 6) is 0. The molecule has 2 aliphatic heterocycles. The average molecular weight is 223 g/mol. The Morgan fingerprint density at radius 1 is 1.44 bits per heavy atom. The lowest BCUT2D eigenvalue weighted by molar-refractivity contribution is 0.0727. The minimum Gasteiger partial charge on any atom is -0.377 e. The second-order valence-electron chi connectivity index (χ2n) is 4.76. The highest BCUT2D eigenvalue weighted by atomic mass is 16.5. The zero-order valence-corrected chi connectivity index (χ0v) is 9.82. The summed E-state index contributed by atoms with van der Waals surface area (Å²) in [4.78, 5) is 2.46. The molecule has 16 heavy (non-hydrogen) atoms. The highest BCUT2D eigenvalue weighted by Crippen LogP contribution is 2.14. The van der Waals surface area contributed by atoms with Crippen molar-refractivity contribution in [2.75, 3.05) is 32.8 Å². The predicted octanol–water partition coefficient (Wildman–Crippen LogP) is 0.743. The minimum atomic E-state index is 0.342. The molecule has 4 nitrogen and oxygen atoms in total. The van der Waals surface area contributed by atoms with Gasteiger partial charge in [-0.1, -0.05) is 0 Å². The number of nitriles is 1. The Morgan fingerprint density at radius 2 is 2.38 bits per heavy atom. The van der Waals surface area contributed by atoms with Crippen molar-refractivity contribution in [3.8, 4) is 6.07 Å². The monoisotopic (exact) mass is 223 g/mol. The maximum absolute atomic E-state index is 8.75. The largest absolute Gasteiger partial charge is 0.377 e. The van der Waals surface area contributed by atoms with Gasteiger partial charge in [-0.25, -0.2) is 0 Å². The number of hydrogen-bond acceptors (Lipinski definition) is 4. The van der Waals surface area contributed by atoms with Crippen molar-refractivity contribution in [1.82, 2.24) is 10.2 Å². The van der Waals surface area contributed by atoms with E-state index in [1.54, 1.807) is 0 Å². The third kappa shape index (κ3) is 3.44. The summed E-state index contributed by atoms with van der Waals surface area (Å²) < 4.78 is 5.66. The second kappa shape index (κ2) is 6.19. The first-order valence-electron chi connectivity index (χ1n) is 6.33. The molecule has 4 heteroatoms. The predicted molar refractivity (Wildman–Crippen MR) is 62.1 cm³/mol. The van der Waals surface area contributed by atoms with Gasteiger partial charge in [0.2, 0.25) is 0 Å². The van der Waals surface area contributed by atoms with Crippen molar-refractivity contribution in [2.45, 2.75) is 37.8 Å². The SMILES string of the molecule is N#CCC1CN(CC2CCCO2)CCCN1. The van der Waals surface area contributed by atoms with Crippen LogP contribution in [-0.2, 0) is 4.74 Å². The van der Waals surface area contributed by atoms with E-state index in [2.05, 4.69) is 16.3 Å². The zero-order valence-electron chi connectivity index (χ0n) is 9.82. The van der Waals surface area contributed by atoms with Crippen LogP contribution in [0.5, 0.6) is 0 Å². The van der Waals surface area contributed by atoms with Gasteiger partial charge in [0.25, 0.3) is 0 Å². The molecule has 0 aromatic carbocycles. The number of rotatable bonds is 3. The zero-order chi connectivity index (χ0) is 11.2. The third-order valence-electron chi connectivity index (χ3n) is 3.39. The van der Waals surface area contributed by atoms with E-state index in [1.165, 1.54) is 19.3 Å². The molecule has 2 heterocycles. The molecule has 2 unspecified atom stereocenters. The Kier molecular flexibility index (Phi) is 4.58. The quantitative estimate of drug-likeness (QED) is 0.767. The highest BCUT2D eigenvalue weighted by molar-refractivity contribution is 4.86. The van der Waals surface area contributed by atoms with Crippen LogP contribution in [0.25, 0.3) is 0 Å². The lowest BCUT2D eigenvalue weighted by Gasteiger charge is -2.25. The molecular formula is C12H21N3O. The number of ether oxygens (including phenoxy) is 1. The standard InChI is InChI=1S/C12H21N3O/c13-5-4-11-9-15(7-2-6-14-11)10-12-3-1-8-16-12/h11-12,14H,1-4,6-10H2. The second-order valence-corrected chi connectivity index (χ2v) is 4.76. The number of hydrogen-bond donors (Lipinski definition) is 1. The van der Waals surface area contributed by atoms with E-state index in [1.807, 2.05) is 0 Å². The molecule has 1 N–H and O–H groups in total. The molecule has 2 saturated heterocycles. The fraction of sp³-hybridized carbons (Fsp3) is 0.917. The van der Waals surface area contributed by atoms with E-state index in [0.717, 1.165) is 32.8 Å². The van der Waals surface area contributed by atoms with Crippen LogP contribution in [0.1, 0.15) is 25.7 Å². The van der Waals surface area contributed by atoms with Crippen LogP contribution in [0.2, 0.25) is 0 Å². The first-order valence-corrected chi connectivity index (χ1v) is 6.33. The van der Waals surface area contributed by atoms with Crippen molar-refractivity contribution < 1.29 is 4.74 Å². The lowest BCUT2D eigenvalue weighted by atomic mass is 10.2. The molecule has 2 aliphatic rings. The van der Waals surface area contributed by atoms with Crippen LogP contribution in [0.3, 0.4) is 0 Å². The summed E-state index contributed by atoms with van der Waals surface area (Å²) in [5, 5.41) is 12.2. The van der Waals surface area contributed by atoms with Crippen molar-refractivity contribution in [1.29, 1.82) is 5.26 Å². The van der Waals surface area contributed by atoms with E-state index in [4.69, 9.17) is 10.00 Å². The van der Waals surface area contributed by atoms with Crippen LogP contribution >= 0.6 is 0 Å². The summed E-state index contributed by atoms with van der Waals surface area (Å²) in [6.45, 7) is 5.14. The smallest absolute Gasteiger partial charge is 0.0702 e. The van der Waals surface area contributed by atoms with Crippen LogP contribution < -0.4 is 5.32 Å². The lowest BCUT2D eigenvalue weighted by Crippen LogP contribution is -2.40. The third-order valence-corrected chi connectivity index (χ3v) is 3.39. The molecule has 0 aromatic heterocycles. The van der Waals surface area contributed by atoms with Crippen molar-refractivity contribution >= 4 is 0 Å². The summed E-state index contributed by atoms with van der Waals surface area (Å²) in [7, 11) is 0. The first kappa shape index (κ1) is 11.8. The van der Waals surface area contributed by atoms with Gasteiger partial charge in [-0.3, -0.25) is 4.90 Å². The normalized spacial score (nSPS) is 32.2. The molecular weight excluding hydrogens is 202 g/mol. The van der Waals surface area contributed by atoms with Gasteiger partial charge >= 0.3 is 0 Å². The van der Waals surface area contributed by atoms with Gasteiger partial charge < -0.3 is 10.1 Å². The van der Waals surface area contributed by atoms with Gasteiger partial charge in [0.15, 0.2) is 0 Å². The van der Waals surface area contributed by atoms with E-state index in [9.17, 15) is 0 Å². The van der Waals surface area contributed by atoms with Crippen LogP contribution in [0.15, 0.2) is 0 Å². The fourth-order valence-electron chi connectivity index (χ4n) is 2.57.